The molecule has 2 N–H and O–H groups in total. The van der Waals surface area contributed by atoms with E-state index in [1.807, 2.05) is 25.1 Å². The minimum Gasteiger partial charge on any atom is -0.493 e. The second-order valence-electron chi connectivity index (χ2n) is 7.62. The molecule has 0 unspecified atom stereocenters. The van der Waals surface area contributed by atoms with Crippen molar-refractivity contribution < 1.29 is 28.6 Å². The molecule has 2 amide bonds. The van der Waals surface area contributed by atoms with Gasteiger partial charge in [0.2, 0.25) is 5.91 Å². The number of amides is 2. The van der Waals surface area contributed by atoms with E-state index in [-0.39, 0.29) is 11.8 Å². The number of carbonyl (C=O) groups excluding carboxylic acids is 3. The van der Waals surface area contributed by atoms with Gasteiger partial charge < -0.3 is 24.8 Å². The van der Waals surface area contributed by atoms with Gasteiger partial charge >= 0.3 is 5.97 Å². The van der Waals surface area contributed by atoms with Crippen LogP contribution in [-0.2, 0) is 16.0 Å². The van der Waals surface area contributed by atoms with Gasteiger partial charge in [0.15, 0.2) is 11.5 Å². The predicted molar refractivity (Wildman–Crippen MR) is 133 cm³/mol. The molecule has 0 heterocycles. The SMILES string of the molecule is CCOc1ccc(CCC(=O)Nc2ccc(NC(=O)c3cccc(OC(C)=O)c3)cc2)cc1OC. The van der Waals surface area contributed by atoms with Gasteiger partial charge in [-0.1, -0.05) is 12.1 Å². The highest BCUT2D eigenvalue weighted by molar-refractivity contribution is 6.04. The van der Waals surface area contributed by atoms with Crippen LogP contribution in [0.1, 0.15) is 36.2 Å². The third-order valence-electron chi connectivity index (χ3n) is 4.95. The van der Waals surface area contributed by atoms with E-state index < -0.39 is 5.97 Å². The van der Waals surface area contributed by atoms with Gasteiger partial charge in [-0.15, -0.1) is 0 Å². The van der Waals surface area contributed by atoms with E-state index in [4.69, 9.17) is 14.2 Å². The molecule has 0 aromatic heterocycles. The summed E-state index contributed by atoms with van der Waals surface area (Å²) >= 11 is 0. The summed E-state index contributed by atoms with van der Waals surface area (Å²) in [6, 6.07) is 18.8. The molecule has 3 aromatic rings. The van der Waals surface area contributed by atoms with Crippen molar-refractivity contribution in [2.24, 2.45) is 0 Å². The number of nitrogens with one attached hydrogen (secondary N) is 2. The Morgan fingerprint density at radius 3 is 2.23 bits per heavy atom. The average Bonchev–Trinajstić information content (AvgIpc) is 2.84. The van der Waals surface area contributed by atoms with E-state index in [0.717, 1.165) is 5.56 Å². The topological polar surface area (TPSA) is 103 Å². The number of carbonyl (C=O) groups is 3. The van der Waals surface area contributed by atoms with Gasteiger partial charge in [-0.3, -0.25) is 14.4 Å². The number of aryl methyl sites for hydroxylation is 1. The zero-order valence-electron chi connectivity index (χ0n) is 19.9. The first-order valence-electron chi connectivity index (χ1n) is 11.2. The van der Waals surface area contributed by atoms with Crippen molar-refractivity contribution in [2.45, 2.75) is 26.7 Å². The number of ether oxygens (including phenoxy) is 3. The number of rotatable bonds is 10. The zero-order valence-corrected chi connectivity index (χ0v) is 19.9. The van der Waals surface area contributed by atoms with Gasteiger partial charge in [0, 0.05) is 30.3 Å². The van der Waals surface area contributed by atoms with Gasteiger partial charge in [-0.2, -0.15) is 0 Å². The van der Waals surface area contributed by atoms with Gasteiger partial charge in [0.1, 0.15) is 5.75 Å². The van der Waals surface area contributed by atoms with E-state index in [9.17, 15) is 14.4 Å². The van der Waals surface area contributed by atoms with Crippen LogP contribution in [0.5, 0.6) is 17.2 Å². The predicted octanol–water partition coefficient (Wildman–Crippen LogP) is 4.84. The quantitative estimate of drug-likeness (QED) is 0.321. The summed E-state index contributed by atoms with van der Waals surface area (Å²) in [4.78, 5) is 36.0. The Kier molecular flexibility index (Phi) is 8.83. The van der Waals surface area contributed by atoms with Crippen molar-refractivity contribution in [1.82, 2.24) is 0 Å². The zero-order chi connectivity index (χ0) is 25.2. The number of esters is 1. The largest absolute Gasteiger partial charge is 0.493 e. The Bertz CT molecular complexity index is 1190. The fourth-order valence-corrected chi connectivity index (χ4v) is 3.33. The Labute approximate surface area is 204 Å². The van der Waals surface area contributed by atoms with Crippen LogP contribution < -0.4 is 24.8 Å². The van der Waals surface area contributed by atoms with Crippen LogP contribution in [0.25, 0.3) is 0 Å². The lowest BCUT2D eigenvalue weighted by molar-refractivity contribution is -0.131. The average molecular weight is 477 g/mol. The van der Waals surface area contributed by atoms with Crippen LogP contribution in [0, 0.1) is 0 Å². The minimum absolute atomic E-state index is 0.128. The van der Waals surface area contributed by atoms with Crippen LogP contribution in [-0.4, -0.2) is 31.5 Å². The fourth-order valence-electron chi connectivity index (χ4n) is 3.33. The smallest absolute Gasteiger partial charge is 0.308 e. The highest BCUT2D eigenvalue weighted by Gasteiger charge is 2.10. The second-order valence-corrected chi connectivity index (χ2v) is 7.62. The molecule has 0 saturated carbocycles. The molecule has 3 rings (SSSR count). The van der Waals surface area contributed by atoms with Gasteiger partial charge in [-0.25, -0.2) is 0 Å². The van der Waals surface area contributed by atoms with E-state index in [0.29, 0.717) is 53.6 Å². The van der Waals surface area contributed by atoms with Gasteiger partial charge in [-0.05, 0) is 73.5 Å². The Morgan fingerprint density at radius 2 is 1.57 bits per heavy atom. The molecule has 0 aliphatic heterocycles. The van der Waals surface area contributed by atoms with E-state index >= 15 is 0 Å². The van der Waals surface area contributed by atoms with Crippen LogP contribution in [0.3, 0.4) is 0 Å². The molecule has 8 heteroatoms. The molecule has 0 fully saturated rings. The molecule has 0 radical (unpaired) electrons. The van der Waals surface area contributed by atoms with Crippen LogP contribution in [0.2, 0.25) is 0 Å². The van der Waals surface area contributed by atoms with E-state index in [1.54, 1.807) is 49.6 Å². The molecule has 3 aromatic carbocycles. The third kappa shape index (κ3) is 7.60. The molecule has 0 saturated heterocycles. The first kappa shape index (κ1) is 25.3. The van der Waals surface area contributed by atoms with E-state index in [2.05, 4.69) is 10.6 Å². The number of anilines is 2. The number of methoxy groups -OCH3 is 1. The van der Waals surface area contributed by atoms with Crippen molar-refractivity contribution in [1.29, 1.82) is 0 Å². The van der Waals surface area contributed by atoms with Gasteiger partial charge in [0.05, 0.1) is 13.7 Å². The molecular formula is C27H28N2O6. The summed E-state index contributed by atoms with van der Waals surface area (Å²) in [6.45, 7) is 3.75. The number of hydrogen-bond donors (Lipinski definition) is 2. The molecule has 0 aliphatic rings. The molecule has 35 heavy (non-hydrogen) atoms. The Hall–Kier alpha value is -4.33. The van der Waals surface area contributed by atoms with Gasteiger partial charge in [0.25, 0.3) is 5.91 Å². The van der Waals surface area contributed by atoms with E-state index in [1.165, 1.54) is 13.0 Å². The standard InChI is InChI=1S/C27H28N2O6/c1-4-34-24-14-8-19(16-25(24)33-3)9-15-26(31)28-21-10-12-22(13-11-21)29-27(32)20-6-5-7-23(17-20)35-18(2)30/h5-8,10-14,16-17H,4,9,15H2,1-3H3,(H,28,31)(H,29,32). The summed E-state index contributed by atoms with van der Waals surface area (Å²) in [5.41, 5.74) is 2.50. The van der Waals surface area contributed by atoms with Crippen LogP contribution in [0.15, 0.2) is 66.7 Å². The van der Waals surface area contributed by atoms with Crippen molar-refractivity contribution in [2.75, 3.05) is 24.4 Å². The van der Waals surface area contributed by atoms with Crippen molar-refractivity contribution in [3.8, 4) is 17.2 Å². The van der Waals surface area contributed by atoms with Crippen LogP contribution >= 0.6 is 0 Å². The maximum atomic E-state index is 12.5. The summed E-state index contributed by atoms with van der Waals surface area (Å²) < 4.78 is 15.9. The maximum Gasteiger partial charge on any atom is 0.308 e. The Balaban J connectivity index is 1.52. The molecule has 0 bridgehead atoms. The molecule has 0 atom stereocenters. The third-order valence-corrected chi connectivity index (χ3v) is 4.95. The highest BCUT2D eigenvalue weighted by atomic mass is 16.5. The van der Waals surface area contributed by atoms with Crippen molar-refractivity contribution in [3.05, 3.63) is 77.9 Å². The lowest BCUT2D eigenvalue weighted by Crippen LogP contribution is -2.13. The normalized spacial score (nSPS) is 10.3. The summed E-state index contributed by atoms with van der Waals surface area (Å²) in [5.74, 6) is 0.678. The highest BCUT2D eigenvalue weighted by Crippen LogP contribution is 2.28. The summed E-state index contributed by atoms with van der Waals surface area (Å²) in [5, 5.41) is 5.63. The monoisotopic (exact) mass is 476 g/mol. The first-order valence-corrected chi connectivity index (χ1v) is 11.2. The maximum absolute atomic E-state index is 12.5. The summed E-state index contributed by atoms with van der Waals surface area (Å²) in [7, 11) is 1.58. The molecule has 8 nitrogen and oxygen atoms in total. The van der Waals surface area contributed by atoms with Crippen molar-refractivity contribution in [3.63, 3.8) is 0 Å². The first-order chi connectivity index (χ1) is 16.9. The molecule has 0 aliphatic carbocycles. The molecule has 182 valence electrons. The van der Waals surface area contributed by atoms with Crippen LogP contribution in [0.4, 0.5) is 11.4 Å². The lowest BCUT2D eigenvalue weighted by atomic mass is 10.1. The molecule has 0 spiro atoms. The van der Waals surface area contributed by atoms with Crippen molar-refractivity contribution >= 4 is 29.2 Å². The second kappa shape index (κ2) is 12.2. The molecular weight excluding hydrogens is 448 g/mol. The Morgan fingerprint density at radius 1 is 0.857 bits per heavy atom. The number of benzene rings is 3. The number of hydrogen-bond acceptors (Lipinski definition) is 6. The minimum atomic E-state index is -0.459. The fraction of sp³-hybridized carbons (Fsp3) is 0.222. The summed E-state index contributed by atoms with van der Waals surface area (Å²) in [6.07, 6.45) is 0.851. The lowest BCUT2D eigenvalue weighted by Gasteiger charge is -2.11.